The van der Waals surface area contributed by atoms with Crippen LogP contribution in [0.2, 0.25) is 0 Å². The van der Waals surface area contributed by atoms with Gasteiger partial charge in [-0.05, 0) is 66.3 Å². The Morgan fingerprint density at radius 1 is 1.11 bits per heavy atom. The van der Waals surface area contributed by atoms with E-state index in [0.29, 0.717) is 49.5 Å². The second-order valence-electron chi connectivity index (χ2n) is 11.7. The Kier molecular flexibility index (Phi) is 7.41. The van der Waals surface area contributed by atoms with Gasteiger partial charge in [0.15, 0.2) is 27.2 Å². The second-order valence-corrected chi connectivity index (χ2v) is 13.9. The molecule has 45 heavy (non-hydrogen) atoms. The second kappa shape index (κ2) is 11.4. The molecule has 12 heteroatoms. The zero-order chi connectivity index (χ0) is 31.3. The summed E-state index contributed by atoms with van der Waals surface area (Å²) in [7, 11) is -3.24. The molecule has 1 saturated carbocycles. The van der Waals surface area contributed by atoms with Gasteiger partial charge in [0.2, 0.25) is 5.88 Å². The summed E-state index contributed by atoms with van der Waals surface area (Å²) in [6.07, 6.45) is 6.61. The smallest absolute Gasteiger partial charge is 0.219 e. The van der Waals surface area contributed by atoms with Crippen molar-refractivity contribution < 1.29 is 27.1 Å². The maximum atomic E-state index is 14.0. The van der Waals surface area contributed by atoms with Crippen LogP contribution in [0, 0.1) is 12.7 Å². The fraction of sp³-hybridized carbons (Fsp3) is 0.303. The van der Waals surface area contributed by atoms with E-state index >= 15 is 0 Å². The summed E-state index contributed by atoms with van der Waals surface area (Å²) in [5, 5.41) is 4.13. The molecule has 2 aromatic heterocycles. The molecule has 0 bridgehead atoms. The third-order valence-corrected chi connectivity index (χ3v) is 10.7. The molecule has 2 fully saturated rings. The number of nitrogen functional groups attached to an aromatic ring is 1. The number of nitrogens with two attached hydrogens (primary N) is 1. The number of halogens is 1. The molecule has 0 atom stereocenters. The molecule has 1 aliphatic heterocycles. The van der Waals surface area contributed by atoms with Gasteiger partial charge in [-0.15, -0.1) is 0 Å². The Hall–Kier alpha value is -4.55. The van der Waals surface area contributed by atoms with E-state index in [1.165, 1.54) is 29.2 Å². The van der Waals surface area contributed by atoms with E-state index in [-0.39, 0.29) is 39.8 Å². The number of carbonyl (C=O) groups is 1. The quantitative estimate of drug-likeness (QED) is 0.259. The Bertz CT molecular complexity index is 1960. The lowest BCUT2D eigenvalue weighted by atomic mass is 10.0. The van der Waals surface area contributed by atoms with E-state index < -0.39 is 15.7 Å². The average molecular weight is 630 g/mol. The lowest BCUT2D eigenvalue weighted by molar-refractivity contribution is 0.103. The molecule has 4 aromatic rings. The van der Waals surface area contributed by atoms with Crippen LogP contribution in [0.3, 0.4) is 0 Å². The number of anilines is 2. The summed E-state index contributed by atoms with van der Waals surface area (Å²) in [6.45, 7) is 4.31. The number of para-hydroxylation sites is 1. The third kappa shape index (κ3) is 5.71. The summed E-state index contributed by atoms with van der Waals surface area (Å²) < 4.78 is 52.6. The molecule has 3 aliphatic rings. The Balaban J connectivity index is 1.14. The summed E-state index contributed by atoms with van der Waals surface area (Å²) in [4.78, 5) is 20.2. The number of sulfone groups is 1. The lowest BCUT2D eigenvalue weighted by Gasteiger charge is -2.31. The number of ether oxygens (including phenoxy) is 2. The van der Waals surface area contributed by atoms with Gasteiger partial charge in [-0.2, -0.15) is 5.10 Å². The van der Waals surface area contributed by atoms with Gasteiger partial charge in [0, 0.05) is 36.8 Å². The molecule has 0 unspecified atom stereocenters. The molecular formula is C33H32FN5O5S. The van der Waals surface area contributed by atoms with Crippen LogP contribution < -0.4 is 15.4 Å². The van der Waals surface area contributed by atoms with Crippen LogP contribution in [0.5, 0.6) is 11.6 Å². The molecule has 2 N–H and O–H groups in total. The molecule has 7 rings (SSSR count). The number of morpholine rings is 1. The highest BCUT2D eigenvalue weighted by molar-refractivity contribution is 7.91. The van der Waals surface area contributed by atoms with Crippen molar-refractivity contribution in [2.24, 2.45) is 0 Å². The number of hydrogen-bond acceptors (Lipinski definition) is 9. The van der Waals surface area contributed by atoms with Gasteiger partial charge in [-0.25, -0.2) is 22.5 Å². The molecular weight excluding hydrogens is 597 g/mol. The van der Waals surface area contributed by atoms with Crippen molar-refractivity contribution in [1.82, 2.24) is 14.8 Å². The number of Topliss-reactive ketones (excluding diaryl/α,β-unsaturated/α-hetero) is 1. The Morgan fingerprint density at radius 2 is 1.89 bits per heavy atom. The van der Waals surface area contributed by atoms with Crippen LogP contribution in [0.1, 0.15) is 45.5 Å². The first-order chi connectivity index (χ1) is 21.7. The predicted octanol–water partition coefficient (Wildman–Crippen LogP) is 4.83. The van der Waals surface area contributed by atoms with Gasteiger partial charge in [0.1, 0.15) is 5.82 Å². The molecule has 2 aliphatic carbocycles. The SMILES string of the molecule is Cc1cc(Oc2ccccc2F)ncc1-n1ncc(C(=O)C2=Cc3cc(N4CCOCC4)c(CS(=O)(=O)C4CC4)cc3C2)c1N. The van der Waals surface area contributed by atoms with E-state index in [1.54, 1.807) is 18.2 Å². The molecule has 0 spiro atoms. The summed E-state index contributed by atoms with van der Waals surface area (Å²) in [6, 6.07) is 11.7. The summed E-state index contributed by atoms with van der Waals surface area (Å²) >= 11 is 0. The van der Waals surface area contributed by atoms with E-state index in [9.17, 15) is 17.6 Å². The van der Waals surface area contributed by atoms with Gasteiger partial charge in [-0.3, -0.25) is 4.79 Å². The van der Waals surface area contributed by atoms with Gasteiger partial charge in [-0.1, -0.05) is 18.2 Å². The highest BCUT2D eigenvalue weighted by Gasteiger charge is 2.37. The number of aryl methyl sites for hydroxylation is 1. The number of fused-ring (bicyclic) bond motifs is 1. The molecule has 0 amide bonds. The van der Waals surface area contributed by atoms with Gasteiger partial charge < -0.3 is 20.1 Å². The minimum atomic E-state index is -3.24. The van der Waals surface area contributed by atoms with Crippen LogP contribution in [0.15, 0.2) is 60.4 Å². The van der Waals surface area contributed by atoms with E-state index in [1.807, 2.05) is 25.1 Å². The zero-order valence-corrected chi connectivity index (χ0v) is 25.5. The van der Waals surface area contributed by atoms with E-state index in [2.05, 4.69) is 15.0 Å². The fourth-order valence-electron chi connectivity index (χ4n) is 5.89. The number of allylic oxidation sites excluding steroid dienone is 1. The van der Waals surface area contributed by atoms with Crippen LogP contribution in [-0.4, -0.2) is 60.5 Å². The molecule has 10 nitrogen and oxygen atoms in total. The summed E-state index contributed by atoms with van der Waals surface area (Å²) in [5.41, 5.74) is 12.0. The van der Waals surface area contributed by atoms with Crippen LogP contribution in [0.4, 0.5) is 15.9 Å². The number of benzene rings is 2. The minimum absolute atomic E-state index is 0.0157. The van der Waals surface area contributed by atoms with Crippen molar-refractivity contribution in [2.45, 2.75) is 37.2 Å². The van der Waals surface area contributed by atoms with E-state index in [4.69, 9.17) is 15.2 Å². The highest BCUT2D eigenvalue weighted by Crippen LogP contribution is 2.38. The van der Waals surface area contributed by atoms with Gasteiger partial charge in [0.25, 0.3) is 0 Å². The van der Waals surface area contributed by atoms with Crippen LogP contribution in [-0.2, 0) is 26.7 Å². The molecule has 232 valence electrons. The van der Waals surface area contributed by atoms with Crippen molar-refractivity contribution in [1.29, 1.82) is 0 Å². The van der Waals surface area contributed by atoms with Crippen molar-refractivity contribution in [2.75, 3.05) is 36.9 Å². The van der Waals surface area contributed by atoms with Crippen molar-refractivity contribution in [3.63, 3.8) is 0 Å². The minimum Gasteiger partial charge on any atom is -0.436 e. The maximum Gasteiger partial charge on any atom is 0.219 e. The number of nitrogens with zero attached hydrogens (tertiary/aromatic N) is 4. The van der Waals surface area contributed by atoms with Crippen molar-refractivity contribution in [3.8, 4) is 17.3 Å². The predicted molar refractivity (Wildman–Crippen MR) is 168 cm³/mol. The number of ketones is 1. The van der Waals surface area contributed by atoms with Crippen molar-refractivity contribution >= 4 is 33.2 Å². The van der Waals surface area contributed by atoms with Gasteiger partial charge >= 0.3 is 0 Å². The lowest BCUT2D eigenvalue weighted by Crippen LogP contribution is -2.37. The molecule has 1 saturated heterocycles. The Morgan fingerprint density at radius 3 is 2.62 bits per heavy atom. The number of aromatic nitrogens is 3. The van der Waals surface area contributed by atoms with Crippen LogP contribution in [0.25, 0.3) is 11.8 Å². The normalized spacial score (nSPS) is 16.4. The number of rotatable bonds is 9. The number of hydrogen-bond donors (Lipinski definition) is 1. The molecule has 3 heterocycles. The largest absolute Gasteiger partial charge is 0.436 e. The Labute approximate surface area is 260 Å². The van der Waals surface area contributed by atoms with E-state index in [0.717, 1.165) is 35.2 Å². The highest BCUT2D eigenvalue weighted by atomic mass is 32.2. The maximum absolute atomic E-state index is 14.0. The summed E-state index contributed by atoms with van der Waals surface area (Å²) in [5.74, 6) is -0.338. The third-order valence-electron chi connectivity index (χ3n) is 8.47. The molecule has 2 aromatic carbocycles. The monoisotopic (exact) mass is 629 g/mol. The van der Waals surface area contributed by atoms with Gasteiger partial charge in [0.05, 0.1) is 47.9 Å². The number of carbonyl (C=O) groups excluding carboxylic acids is 1. The zero-order valence-electron chi connectivity index (χ0n) is 24.7. The number of pyridine rings is 1. The standard InChI is InChI=1S/C33H32FN5O5S/c1-20-12-31(44-30-5-3-2-4-27(30)34)36-18-29(20)39-33(35)26(17-37-39)32(40)23-13-21-15-24(19-45(41,42)25-6-7-25)28(16-22(21)14-23)38-8-10-43-11-9-38/h2-5,12,14-18,25H,6-11,13,19,35H2,1H3. The average Bonchev–Trinajstić information content (AvgIpc) is 3.72. The first kappa shape index (κ1) is 29.2. The molecule has 0 radical (unpaired) electrons. The first-order valence-corrected chi connectivity index (χ1v) is 16.6. The topological polar surface area (TPSA) is 130 Å². The van der Waals surface area contributed by atoms with Crippen molar-refractivity contribution in [3.05, 3.63) is 94.1 Å². The fourth-order valence-corrected chi connectivity index (χ4v) is 7.65. The first-order valence-electron chi connectivity index (χ1n) is 14.9. The van der Waals surface area contributed by atoms with Crippen LogP contribution >= 0.6 is 0 Å².